The summed E-state index contributed by atoms with van der Waals surface area (Å²) in [6.07, 6.45) is 5.03. The van der Waals surface area contributed by atoms with Crippen LogP contribution in [0.2, 0.25) is 10.0 Å². The van der Waals surface area contributed by atoms with E-state index in [0.717, 1.165) is 11.4 Å². The Bertz CT molecular complexity index is 502. The van der Waals surface area contributed by atoms with Gasteiger partial charge in [0.15, 0.2) is 0 Å². The van der Waals surface area contributed by atoms with Crippen molar-refractivity contribution in [2.24, 2.45) is 0 Å². The van der Waals surface area contributed by atoms with E-state index < -0.39 is 0 Å². The van der Waals surface area contributed by atoms with E-state index in [0.29, 0.717) is 10.0 Å². The maximum Gasteiger partial charge on any atom is 0.0806 e. The smallest absolute Gasteiger partial charge is 0.0806 e. The maximum absolute atomic E-state index is 6.08. The normalized spacial score (nSPS) is 12.2. The molecule has 0 saturated carbocycles. The van der Waals surface area contributed by atoms with Crippen LogP contribution in [-0.4, -0.2) is 9.97 Å². The second-order valence-corrected chi connectivity index (χ2v) is 4.46. The van der Waals surface area contributed by atoms with Crippen LogP contribution in [0.1, 0.15) is 18.7 Å². The van der Waals surface area contributed by atoms with E-state index in [9.17, 15) is 0 Å². The van der Waals surface area contributed by atoms with Crippen LogP contribution in [0.25, 0.3) is 0 Å². The summed E-state index contributed by atoms with van der Waals surface area (Å²) in [5.41, 5.74) is 1.69. The summed E-state index contributed by atoms with van der Waals surface area (Å²) in [4.78, 5) is 8.26. The third kappa shape index (κ3) is 3.08. The van der Waals surface area contributed by atoms with Crippen molar-refractivity contribution in [3.63, 3.8) is 0 Å². The van der Waals surface area contributed by atoms with Crippen molar-refractivity contribution in [2.75, 3.05) is 5.32 Å². The first-order valence-corrected chi connectivity index (χ1v) is 5.90. The minimum absolute atomic E-state index is 0.0300. The van der Waals surface area contributed by atoms with Gasteiger partial charge in [-0.15, -0.1) is 0 Å². The van der Waals surface area contributed by atoms with E-state index in [1.54, 1.807) is 30.7 Å². The molecule has 0 aliphatic heterocycles. The Morgan fingerprint density at radius 3 is 2.71 bits per heavy atom. The minimum atomic E-state index is 0.0300. The zero-order valence-corrected chi connectivity index (χ0v) is 10.7. The van der Waals surface area contributed by atoms with E-state index in [2.05, 4.69) is 15.3 Å². The van der Waals surface area contributed by atoms with Gasteiger partial charge in [0.25, 0.3) is 0 Å². The maximum atomic E-state index is 6.08. The molecule has 1 aromatic heterocycles. The highest BCUT2D eigenvalue weighted by Gasteiger charge is 2.08. The van der Waals surface area contributed by atoms with Crippen molar-refractivity contribution in [3.8, 4) is 0 Å². The molecule has 2 aromatic rings. The van der Waals surface area contributed by atoms with Gasteiger partial charge in [0.2, 0.25) is 0 Å². The molecule has 0 fully saturated rings. The molecule has 0 saturated heterocycles. The van der Waals surface area contributed by atoms with Crippen LogP contribution in [0.15, 0.2) is 36.8 Å². The van der Waals surface area contributed by atoms with Crippen molar-refractivity contribution in [2.45, 2.75) is 13.0 Å². The average molecular weight is 268 g/mol. The number of aromatic nitrogens is 2. The van der Waals surface area contributed by atoms with Crippen molar-refractivity contribution in [1.29, 1.82) is 0 Å². The Balaban J connectivity index is 2.16. The Morgan fingerprint density at radius 1 is 1.24 bits per heavy atom. The van der Waals surface area contributed by atoms with Crippen molar-refractivity contribution < 1.29 is 0 Å². The Hall–Kier alpha value is -1.32. The first-order valence-electron chi connectivity index (χ1n) is 5.14. The molecule has 0 bridgehead atoms. The number of nitrogens with zero attached hydrogens (tertiary/aromatic N) is 2. The molecule has 0 amide bonds. The van der Waals surface area contributed by atoms with Crippen LogP contribution in [0.5, 0.6) is 0 Å². The molecule has 2 rings (SSSR count). The van der Waals surface area contributed by atoms with E-state index in [1.165, 1.54) is 0 Å². The predicted octanol–water partition coefficient (Wildman–Crippen LogP) is 3.96. The molecule has 5 heteroatoms. The van der Waals surface area contributed by atoms with Gasteiger partial charge in [-0.1, -0.05) is 23.2 Å². The van der Waals surface area contributed by atoms with Gasteiger partial charge in [0.05, 0.1) is 28.6 Å². The second-order valence-electron chi connectivity index (χ2n) is 3.62. The van der Waals surface area contributed by atoms with Crippen LogP contribution in [0.4, 0.5) is 5.69 Å². The van der Waals surface area contributed by atoms with Crippen LogP contribution in [0.3, 0.4) is 0 Å². The summed E-state index contributed by atoms with van der Waals surface area (Å²) < 4.78 is 0. The number of anilines is 1. The zero-order chi connectivity index (χ0) is 12.3. The summed E-state index contributed by atoms with van der Waals surface area (Å²) in [5, 5.41) is 4.47. The van der Waals surface area contributed by atoms with E-state index in [-0.39, 0.29) is 6.04 Å². The molecule has 0 radical (unpaired) electrons. The lowest BCUT2D eigenvalue weighted by atomic mass is 10.2. The standard InChI is InChI=1S/C12H11Cl2N3/c1-8(12-7-15-4-5-16-12)17-11-3-2-9(13)6-10(11)14/h2-8,17H,1H3. The average Bonchev–Trinajstić information content (AvgIpc) is 2.34. The fourth-order valence-electron chi connectivity index (χ4n) is 1.45. The van der Waals surface area contributed by atoms with Gasteiger partial charge in [-0.05, 0) is 25.1 Å². The Kier molecular flexibility index (Phi) is 3.82. The molecular formula is C12H11Cl2N3. The SMILES string of the molecule is CC(Nc1ccc(Cl)cc1Cl)c1cnccn1. The van der Waals surface area contributed by atoms with Gasteiger partial charge >= 0.3 is 0 Å². The third-order valence-electron chi connectivity index (χ3n) is 2.33. The van der Waals surface area contributed by atoms with Gasteiger partial charge in [-0.25, -0.2) is 0 Å². The Morgan fingerprint density at radius 2 is 2.06 bits per heavy atom. The molecule has 1 N–H and O–H groups in total. The first-order chi connectivity index (χ1) is 8.16. The summed E-state index contributed by atoms with van der Waals surface area (Å²) in [6.45, 7) is 1.99. The van der Waals surface area contributed by atoms with E-state index >= 15 is 0 Å². The quantitative estimate of drug-likeness (QED) is 0.915. The molecule has 1 atom stereocenters. The lowest BCUT2D eigenvalue weighted by Gasteiger charge is -2.15. The monoisotopic (exact) mass is 267 g/mol. The fourth-order valence-corrected chi connectivity index (χ4v) is 1.91. The summed E-state index contributed by atoms with van der Waals surface area (Å²) >= 11 is 11.9. The van der Waals surface area contributed by atoms with Gasteiger partial charge in [-0.3, -0.25) is 9.97 Å². The molecular weight excluding hydrogens is 257 g/mol. The molecule has 0 spiro atoms. The highest BCUT2D eigenvalue weighted by Crippen LogP contribution is 2.28. The zero-order valence-electron chi connectivity index (χ0n) is 9.19. The van der Waals surface area contributed by atoms with Crippen molar-refractivity contribution in [3.05, 3.63) is 52.5 Å². The van der Waals surface area contributed by atoms with E-state index in [4.69, 9.17) is 23.2 Å². The van der Waals surface area contributed by atoms with Crippen LogP contribution < -0.4 is 5.32 Å². The molecule has 1 heterocycles. The van der Waals surface area contributed by atoms with Crippen molar-refractivity contribution in [1.82, 2.24) is 9.97 Å². The molecule has 88 valence electrons. The van der Waals surface area contributed by atoms with E-state index in [1.807, 2.05) is 13.0 Å². The van der Waals surface area contributed by atoms with Crippen LogP contribution in [-0.2, 0) is 0 Å². The topological polar surface area (TPSA) is 37.8 Å². The molecule has 0 aliphatic carbocycles. The van der Waals surface area contributed by atoms with Gasteiger partial charge in [-0.2, -0.15) is 0 Å². The number of hydrogen-bond donors (Lipinski definition) is 1. The lowest BCUT2D eigenvalue weighted by molar-refractivity contribution is 0.827. The first kappa shape index (κ1) is 12.1. The minimum Gasteiger partial charge on any atom is -0.376 e. The molecule has 1 aromatic carbocycles. The number of halogens is 2. The third-order valence-corrected chi connectivity index (χ3v) is 2.88. The number of rotatable bonds is 3. The summed E-state index contributed by atoms with van der Waals surface area (Å²) in [6, 6.07) is 5.37. The highest BCUT2D eigenvalue weighted by molar-refractivity contribution is 6.36. The lowest BCUT2D eigenvalue weighted by Crippen LogP contribution is -2.08. The van der Waals surface area contributed by atoms with Crippen LogP contribution >= 0.6 is 23.2 Å². The largest absolute Gasteiger partial charge is 0.376 e. The van der Waals surface area contributed by atoms with Gasteiger partial charge in [0.1, 0.15) is 0 Å². The van der Waals surface area contributed by atoms with Gasteiger partial charge < -0.3 is 5.32 Å². The molecule has 17 heavy (non-hydrogen) atoms. The number of hydrogen-bond acceptors (Lipinski definition) is 3. The summed E-state index contributed by atoms with van der Waals surface area (Å²) in [5.74, 6) is 0. The predicted molar refractivity (Wildman–Crippen MR) is 70.5 cm³/mol. The highest BCUT2D eigenvalue weighted by atomic mass is 35.5. The van der Waals surface area contributed by atoms with Crippen LogP contribution in [0, 0.1) is 0 Å². The van der Waals surface area contributed by atoms with Crippen molar-refractivity contribution >= 4 is 28.9 Å². The molecule has 0 aliphatic rings. The molecule has 1 unspecified atom stereocenters. The van der Waals surface area contributed by atoms with Gasteiger partial charge in [0, 0.05) is 17.4 Å². The Labute approximate surface area is 110 Å². The second kappa shape index (κ2) is 5.34. The number of benzene rings is 1. The number of nitrogens with one attached hydrogen (secondary N) is 1. The fraction of sp³-hybridized carbons (Fsp3) is 0.167. The molecule has 3 nitrogen and oxygen atoms in total. The summed E-state index contributed by atoms with van der Waals surface area (Å²) in [7, 11) is 0.